The first-order valence-electron chi connectivity index (χ1n) is 9.82. The summed E-state index contributed by atoms with van der Waals surface area (Å²) >= 11 is 0. The van der Waals surface area contributed by atoms with Crippen LogP contribution in [0.5, 0.6) is 0 Å². The number of nitrogens with one attached hydrogen (secondary N) is 2. The summed E-state index contributed by atoms with van der Waals surface area (Å²) in [6.07, 6.45) is 6.42. The lowest BCUT2D eigenvalue weighted by atomic mass is 9.98. The summed E-state index contributed by atoms with van der Waals surface area (Å²) in [6, 6.07) is 14.0. The average molecular weight is 412 g/mol. The van der Waals surface area contributed by atoms with Crippen LogP contribution in [0.4, 0.5) is 5.69 Å². The van der Waals surface area contributed by atoms with E-state index in [1.54, 1.807) is 12.7 Å². The molecule has 7 heteroatoms. The zero-order chi connectivity index (χ0) is 19.3. The Balaban J connectivity index is 0.00000240. The van der Waals surface area contributed by atoms with E-state index in [4.69, 9.17) is 0 Å². The Hall–Kier alpha value is -2.70. The van der Waals surface area contributed by atoms with Gasteiger partial charge >= 0.3 is 0 Å². The lowest BCUT2D eigenvalue weighted by molar-refractivity contribution is 0.102. The van der Waals surface area contributed by atoms with Gasteiger partial charge < -0.3 is 10.6 Å². The van der Waals surface area contributed by atoms with Crippen molar-refractivity contribution in [2.24, 2.45) is 5.92 Å². The van der Waals surface area contributed by atoms with Crippen LogP contribution >= 0.6 is 12.4 Å². The van der Waals surface area contributed by atoms with E-state index in [0.717, 1.165) is 42.9 Å². The Morgan fingerprint density at radius 2 is 1.93 bits per heavy atom. The summed E-state index contributed by atoms with van der Waals surface area (Å²) in [6.45, 7) is 4.28. The third kappa shape index (κ3) is 5.02. The number of carbonyl (C=O) groups is 1. The van der Waals surface area contributed by atoms with Crippen LogP contribution in [-0.4, -0.2) is 33.8 Å². The molecule has 1 unspecified atom stereocenters. The molecule has 1 saturated heterocycles. The van der Waals surface area contributed by atoms with Gasteiger partial charge in [-0.15, -0.1) is 22.6 Å². The fourth-order valence-corrected chi connectivity index (χ4v) is 3.69. The van der Waals surface area contributed by atoms with Gasteiger partial charge in [-0.2, -0.15) is 0 Å². The molecule has 4 rings (SSSR count). The minimum Gasteiger partial charge on any atom is -0.322 e. The molecule has 0 radical (unpaired) electrons. The second kappa shape index (κ2) is 9.67. The van der Waals surface area contributed by atoms with E-state index in [-0.39, 0.29) is 18.3 Å². The Morgan fingerprint density at radius 3 is 2.59 bits per heavy atom. The number of rotatable bonds is 6. The minimum absolute atomic E-state index is 0. The Kier molecular flexibility index (Phi) is 7.01. The SMILES string of the molecule is CCc1ccc(-n2cnnc2)cc1NC(=O)c1ccc(CC2CCNC2)cc1.Cl. The number of carbonyl (C=O) groups excluding carboxylic acids is 1. The van der Waals surface area contributed by atoms with Crippen molar-refractivity contribution in [2.75, 3.05) is 18.4 Å². The predicted octanol–water partition coefficient (Wildman–Crippen LogP) is 3.66. The van der Waals surface area contributed by atoms with Crippen molar-refractivity contribution < 1.29 is 4.79 Å². The quantitative estimate of drug-likeness (QED) is 0.649. The number of anilines is 1. The molecule has 0 spiro atoms. The van der Waals surface area contributed by atoms with Gasteiger partial charge in [-0.1, -0.05) is 25.1 Å². The van der Waals surface area contributed by atoms with Crippen LogP contribution in [0.3, 0.4) is 0 Å². The maximum atomic E-state index is 12.8. The molecule has 1 amide bonds. The number of halogens is 1. The molecule has 1 aliphatic rings. The fraction of sp³-hybridized carbons (Fsp3) is 0.318. The average Bonchev–Trinajstić information content (AvgIpc) is 3.43. The van der Waals surface area contributed by atoms with Crippen molar-refractivity contribution >= 4 is 24.0 Å². The summed E-state index contributed by atoms with van der Waals surface area (Å²) in [5.41, 5.74) is 4.78. The number of aromatic nitrogens is 3. The summed E-state index contributed by atoms with van der Waals surface area (Å²) in [7, 11) is 0. The number of amides is 1. The third-order valence-corrected chi connectivity index (χ3v) is 5.34. The molecule has 3 aromatic rings. The number of benzene rings is 2. The second-order valence-corrected chi connectivity index (χ2v) is 7.28. The molecule has 1 aromatic heterocycles. The molecule has 6 nitrogen and oxygen atoms in total. The maximum absolute atomic E-state index is 12.8. The molecule has 152 valence electrons. The first kappa shape index (κ1) is 21.0. The standard InChI is InChI=1S/C22H25N5O.ClH/c1-2-18-7-8-20(27-14-24-25-15-27)12-21(18)26-22(28)19-5-3-16(4-6-19)11-17-9-10-23-13-17;/h3-8,12,14-15,17,23H,2,9-11,13H2,1H3,(H,26,28);1H. The highest BCUT2D eigenvalue weighted by atomic mass is 35.5. The van der Waals surface area contributed by atoms with Crippen molar-refractivity contribution in [2.45, 2.75) is 26.2 Å². The van der Waals surface area contributed by atoms with E-state index >= 15 is 0 Å². The van der Waals surface area contributed by atoms with Gasteiger partial charge in [-0.05, 0) is 73.7 Å². The van der Waals surface area contributed by atoms with Gasteiger partial charge in [0.25, 0.3) is 5.91 Å². The smallest absolute Gasteiger partial charge is 0.255 e. The van der Waals surface area contributed by atoms with Crippen LogP contribution < -0.4 is 10.6 Å². The van der Waals surface area contributed by atoms with Gasteiger partial charge in [0.1, 0.15) is 12.7 Å². The molecular formula is C22H26ClN5O. The van der Waals surface area contributed by atoms with Crippen LogP contribution in [0, 0.1) is 5.92 Å². The van der Waals surface area contributed by atoms with E-state index < -0.39 is 0 Å². The Labute approximate surface area is 177 Å². The van der Waals surface area contributed by atoms with E-state index in [1.807, 2.05) is 34.9 Å². The van der Waals surface area contributed by atoms with Crippen molar-refractivity contribution in [3.8, 4) is 5.69 Å². The van der Waals surface area contributed by atoms with Crippen LogP contribution in [0.15, 0.2) is 55.1 Å². The molecule has 0 bridgehead atoms. The van der Waals surface area contributed by atoms with E-state index in [2.05, 4.69) is 39.9 Å². The molecule has 0 saturated carbocycles. The van der Waals surface area contributed by atoms with Crippen molar-refractivity contribution in [3.05, 3.63) is 71.8 Å². The minimum atomic E-state index is -0.0929. The molecule has 2 heterocycles. The first-order valence-corrected chi connectivity index (χ1v) is 9.82. The summed E-state index contributed by atoms with van der Waals surface area (Å²) < 4.78 is 1.82. The lowest BCUT2D eigenvalue weighted by Gasteiger charge is -2.13. The van der Waals surface area contributed by atoms with Crippen molar-refractivity contribution in [1.82, 2.24) is 20.1 Å². The van der Waals surface area contributed by atoms with Gasteiger partial charge in [0.2, 0.25) is 0 Å². The largest absolute Gasteiger partial charge is 0.322 e. The summed E-state index contributed by atoms with van der Waals surface area (Å²) in [5, 5.41) is 14.2. The summed E-state index contributed by atoms with van der Waals surface area (Å²) in [4.78, 5) is 12.8. The van der Waals surface area contributed by atoms with Gasteiger partial charge in [0.15, 0.2) is 0 Å². The molecule has 1 aliphatic heterocycles. The van der Waals surface area contributed by atoms with Crippen LogP contribution in [0.1, 0.15) is 34.8 Å². The normalized spacial score (nSPS) is 15.7. The Morgan fingerprint density at radius 1 is 1.17 bits per heavy atom. The number of aryl methyl sites for hydroxylation is 1. The van der Waals surface area contributed by atoms with Crippen LogP contribution in [0.25, 0.3) is 5.69 Å². The van der Waals surface area contributed by atoms with Crippen molar-refractivity contribution in [1.29, 1.82) is 0 Å². The molecular weight excluding hydrogens is 386 g/mol. The van der Waals surface area contributed by atoms with E-state index in [0.29, 0.717) is 11.5 Å². The fourth-order valence-electron chi connectivity index (χ4n) is 3.69. The predicted molar refractivity (Wildman–Crippen MR) is 117 cm³/mol. The molecule has 1 fully saturated rings. The highest BCUT2D eigenvalue weighted by molar-refractivity contribution is 6.04. The third-order valence-electron chi connectivity index (χ3n) is 5.34. The van der Waals surface area contributed by atoms with Gasteiger partial charge in [0.05, 0.1) is 5.69 Å². The molecule has 29 heavy (non-hydrogen) atoms. The van der Waals surface area contributed by atoms with E-state index in [9.17, 15) is 4.79 Å². The lowest BCUT2D eigenvalue weighted by Crippen LogP contribution is -2.14. The zero-order valence-electron chi connectivity index (χ0n) is 16.5. The molecule has 2 N–H and O–H groups in total. The topological polar surface area (TPSA) is 71.8 Å². The second-order valence-electron chi connectivity index (χ2n) is 7.28. The highest BCUT2D eigenvalue weighted by Crippen LogP contribution is 2.22. The molecule has 1 atom stereocenters. The first-order chi connectivity index (χ1) is 13.7. The van der Waals surface area contributed by atoms with Gasteiger partial charge in [-0.3, -0.25) is 9.36 Å². The number of hydrogen-bond donors (Lipinski definition) is 2. The number of hydrogen-bond acceptors (Lipinski definition) is 4. The van der Waals surface area contributed by atoms with Gasteiger partial charge in [-0.25, -0.2) is 0 Å². The summed E-state index contributed by atoms with van der Waals surface area (Å²) in [5.74, 6) is 0.608. The maximum Gasteiger partial charge on any atom is 0.255 e. The monoisotopic (exact) mass is 411 g/mol. The van der Waals surface area contributed by atoms with Crippen molar-refractivity contribution in [3.63, 3.8) is 0 Å². The molecule has 0 aliphatic carbocycles. The van der Waals surface area contributed by atoms with Gasteiger partial charge in [0, 0.05) is 11.3 Å². The highest BCUT2D eigenvalue weighted by Gasteiger charge is 2.15. The van der Waals surface area contributed by atoms with E-state index in [1.165, 1.54) is 12.0 Å². The Bertz CT molecular complexity index is 934. The number of nitrogens with zero attached hydrogens (tertiary/aromatic N) is 3. The van der Waals surface area contributed by atoms with Crippen LogP contribution in [0.2, 0.25) is 0 Å². The zero-order valence-corrected chi connectivity index (χ0v) is 17.3. The van der Waals surface area contributed by atoms with Crippen LogP contribution in [-0.2, 0) is 12.8 Å². The molecule has 2 aromatic carbocycles.